The van der Waals surface area contributed by atoms with Crippen molar-refractivity contribution in [2.45, 2.75) is 24.4 Å². The molecule has 0 spiro atoms. The van der Waals surface area contributed by atoms with Gasteiger partial charge >= 0.3 is 5.97 Å². The number of anilines is 1. The van der Waals surface area contributed by atoms with Crippen LogP contribution in [0.3, 0.4) is 0 Å². The lowest BCUT2D eigenvalue weighted by molar-refractivity contribution is -0.153. The molecule has 0 radical (unpaired) electrons. The van der Waals surface area contributed by atoms with Gasteiger partial charge in [-0.15, -0.1) is 11.8 Å². The molecule has 1 aromatic heterocycles. The van der Waals surface area contributed by atoms with E-state index in [0.717, 1.165) is 27.1 Å². The van der Waals surface area contributed by atoms with Gasteiger partial charge in [0.05, 0.1) is 30.2 Å². The van der Waals surface area contributed by atoms with Gasteiger partial charge in [0.25, 0.3) is 0 Å². The standard InChI is InChI=1S/C27H25N3O3S/c1-3-33-26(32)23-24(19-13-15-20(34-2)16-14-19)30-22-12-8-7-11-21(22)28-27(30)29(25(23)31)17-18-9-5-4-6-10-18/h4-16,23-24H,3,17H2,1-2H3/t23-,24-/m0/s1. The Morgan fingerprint density at radius 2 is 1.71 bits per heavy atom. The highest BCUT2D eigenvalue weighted by Gasteiger charge is 2.47. The number of benzene rings is 3. The predicted molar refractivity (Wildman–Crippen MR) is 134 cm³/mol. The van der Waals surface area contributed by atoms with Gasteiger partial charge in [-0.25, -0.2) is 4.98 Å². The molecule has 0 N–H and O–H groups in total. The van der Waals surface area contributed by atoms with E-state index >= 15 is 0 Å². The Morgan fingerprint density at radius 1 is 1.00 bits per heavy atom. The lowest BCUT2D eigenvalue weighted by atomic mass is 9.89. The van der Waals surface area contributed by atoms with E-state index in [0.29, 0.717) is 12.5 Å². The Kier molecular flexibility index (Phi) is 6.11. The molecule has 6 nitrogen and oxygen atoms in total. The van der Waals surface area contributed by atoms with E-state index < -0.39 is 17.9 Å². The number of thioether (sulfide) groups is 1. The molecule has 2 heterocycles. The molecule has 3 aromatic carbocycles. The highest BCUT2D eigenvalue weighted by atomic mass is 32.2. The van der Waals surface area contributed by atoms with Gasteiger partial charge in [0.15, 0.2) is 5.92 Å². The van der Waals surface area contributed by atoms with E-state index in [1.165, 1.54) is 0 Å². The number of para-hydroxylation sites is 2. The highest BCUT2D eigenvalue weighted by Crippen LogP contribution is 2.42. The summed E-state index contributed by atoms with van der Waals surface area (Å²) in [6.07, 6.45) is 2.02. The van der Waals surface area contributed by atoms with Crippen molar-refractivity contribution in [1.29, 1.82) is 0 Å². The van der Waals surface area contributed by atoms with E-state index in [2.05, 4.69) is 0 Å². The van der Waals surface area contributed by atoms with E-state index in [1.54, 1.807) is 23.6 Å². The Morgan fingerprint density at radius 3 is 2.41 bits per heavy atom. The summed E-state index contributed by atoms with van der Waals surface area (Å²) in [4.78, 5) is 34.8. The molecule has 4 aromatic rings. The third kappa shape index (κ3) is 3.86. The third-order valence-electron chi connectivity index (χ3n) is 6.13. The quantitative estimate of drug-likeness (QED) is 0.223. The van der Waals surface area contributed by atoms with Crippen LogP contribution in [0.1, 0.15) is 24.1 Å². The van der Waals surface area contributed by atoms with Crippen molar-refractivity contribution in [2.24, 2.45) is 5.92 Å². The first-order valence-corrected chi connectivity index (χ1v) is 12.5. The van der Waals surface area contributed by atoms with Crippen molar-refractivity contribution in [3.8, 4) is 0 Å². The van der Waals surface area contributed by atoms with Gasteiger partial charge in [0.1, 0.15) is 0 Å². The summed E-state index contributed by atoms with van der Waals surface area (Å²) in [5.41, 5.74) is 3.47. The van der Waals surface area contributed by atoms with Crippen molar-refractivity contribution in [3.05, 3.63) is 90.0 Å². The zero-order valence-electron chi connectivity index (χ0n) is 19.0. The molecular weight excluding hydrogens is 446 g/mol. The molecule has 2 atom stereocenters. The number of rotatable bonds is 6. The molecule has 5 rings (SSSR count). The lowest BCUT2D eigenvalue weighted by Gasteiger charge is -2.38. The van der Waals surface area contributed by atoms with Crippen molar-refractivity contribution < 1.29 is 14.3 Å². The van der Waals surface area contributed by atoms with Crippen LogP contribution in [0.25, 0.3) is 11.0 Å². The number of hydrogen-bond acceptors (Lipinski definition) is 5. The maximum Gasteiger partial charge on any atom is 0.321 e. The molecule has 0 fully saturated rings. The topological polar surface area (TPSA) is 64.4 Å². The summed E-state index contributed by atoms with van der Waals surface area (Å²) in [7, 11) is 0. The number of aromatic nitrogens is 2. The van der Waals surface area contributed by atoms with E-state index in [9.17, 15) is 9.59 Å². The number of nitrogens with zero attached hydrogens (tertiary/aromatic N) is 3. The van der Waals surface area contributed by atoms with E-state index in [1.807, 2.05) is 89.7 Å². The Hall–Kier alpha value is -3.58. The minimum atomic E-state index is -1.02. The van der Waals surface area contributed by atoms with Crippen LogP contribution in [0.2, 0.25) is 0 Å². The fourth-order valence-corrected chi connectivity index (χ4v) is 4.97. The van der Waals surface area contributed by atoms with Gasteiger partial charge < -0.3 is 9.30 Å². The van der Waals surface area contributed by atoms with E-state index in [-0.39, 0.29) is 12.5 Å². The van der Waals surface area contributed by atoms with Crippen LogP contribution in [0.5, 0.6) is 0 Å². The minimum absolute atomic E-state index is 0.205. The van der Waals surface area contributed by atoms with Crippen LogP contribution >= 0.6 is 11.8 Å². The Labute approximate surface area is 202 Å². The fourth-order valence-electron chi connectivity index (χ4n) is 4.57. The number of esters is 1. The molecule has 0 saturated carbocycles. The molecule has 0 saturated heterocycles. The molecule has 0 aliphatic carbocycles. The predicted octanol–water partition coefficient (Wildman–Crippen LogP) is 5.07. The number of hydrogen-bond donors (Lipinski definition) is 0. The van der Waals surface area contributed by atoms with Crippen LogP contribution in [-0.2, 0) is 20.9 Å². The second-order valence-electron chi connectivity index (χ2n) is 8.13. The zero-order valence-corrected chi connectivity index (χ0v) is 19.9. The summed E-state index contributed by atoms with van der Waals surface area (Å²) in [5.74, 6) is -1.31. The molecular formula is C27H25N3O3S. The molecule has 1 aliphatic heterocycles. The lowest BCUT2D eigenvalue weighted by Crippen LogP contribution is -2.49. The van der Waals surface area contributed by atoms with Crippen LogP contribution in [-0.4, -0.2) is 34.3 Å². The molecule has 172 valence electrons. The van der Waals surface area contributed by atoms with Crippen LogP contribution in [0.15, 0.2) is 83.8 Å². The van der Waals surface area contributed by atoms with Crippen molar-refractivity contribution >= 4 is 40.6 Å². The fraction of sp³-hybridized carbons (Fsp3) is 0.222. The third-order valence-corrected chi connectivity index (χ3v) is 6.87. The van der Waals surface area contributed by atoms with E-state index in [4.69, 9.17) is 9.72 Å². The largest absolute Gasteiger partial charge is 0.465 e. The van der Waals surface area contributed by atoms with Gasteiger partial charge in [-0.3, -0.25) is 14.5 Å². The molecule has 7 heteroatoms. The second-order valence-corrected chi connectivity index (χ2v) is 9.01. The first-order valence-electron chi connectivity index (χ1n) is 11.2. The number of carbonyl (C=O) groups is 2. The number of carbonyl (C=O) groups excluding carboxylic acids is 2. The smallest absolute Gasteiger partial charge is 0.321 e. The van der Waals surface area contributed by atoms with Crippen LogP contribution in [0, 0.1) is 5.92 Å². The monoisotopic (exact) mass is 471 g/mol. The summed E-state index contributed by atoms with van der Waals surface area (Å²) < 4.78 is 7.45. The molecule has 1 aliphatic rings. The average molecular weight is 472 g/mol. The van der Waals surface area contributed by atoms with Crippen molar-refractivity contribution in [1.82, 2.24) is 9.55 Å². The first kappa shape index (κ1) is 22.2. The average Bonchev–Trinajstić information content (AvgIpc) is 3.25. The summed E-state index contributed by atoms with van der Waals surface area (Å²) in [6.45, 7) is 2.28. The summed E-state index contributed by atoms with van der Waals surface area (Å²) in [6, 6.07) is 25.0. The molecule has 1 amide bonds. The molecule has 0 unspecified atom stereocenters. The van der Waals surface area contributed by atoms with Crippen molar-refractivity contribution in [2.75, 3.05) is 17.8 Å². The van der Waals surface area contributed by atoms with Gasteiger partial charge in [-0.05, 0) is 48.6 Å². The first-order chi connectivity index (χ1) is 16.6. The van der Waals surface area contributed by atoms with Crippen LogP contribution in [0.4, 0.5) is 5.95 Å². The van der Waals surface area contributed by atoms with Gasteiger partial charge in [-0.1, -0.05) is 54.6 Å². The minimum Gasteiger partial charge on any atom is -0.465 e. The maximum absolute atomic E-state index is 14.0. The maximum atomic E-state index is 14.0. The zero-order chi connectivity index (χ0) is 23.7. The second kappa shape index (κ2) is 9.35. The number of ether oxygens (including phenoxy) is 1. The van der Waals surface area contributed by atoms with Gasteiger partial charge in [0, 0.05) is 4.90 Å². The van der Waals surface area contributed by atoms with Crippen LogP contribution < -0.4 is 4.90 Å². The normalized spacial score (nSPS) is 17.6. The SMILES string of the molecule is CCOC(=O)[C@@H]1C(=O)N(Cc2ccccc2)c2nc3ccccc3n2[C@H]1c1ccc(SC)cc1. The van der Waals surface area contributed by atoms with Gasteiger partial charge in [0.2, 0.25) is 11.9 Å². The number of fused-ring (bicyclic) bond motifs is 3. The Balaban J connectivity index is 1.73. The van der Waals surface area contributed by atoms with Gasteiger partial charge in [-0.2, -0.15) is 0 Å². The number of imidazole rings is 1. The highest BCUT2D eigenvalue weighted by molar-refractivity contribution is 7.98. The van der Waals surface area contributed by atoms with Crippen molar-refractivity contribution in [3.63, 3.8) is 0 Å². The molecule has 0 bridgehead atoms. The Bertz CT molecular complexity index is 1330. The summed E-state index contributed by atoms with van der Waals surface area (Å²) >= 11 is 1.65. The molecule has 34 heavy (non-hydrogen) atoms. The summed E-state index contributed by atoms with van der Waals surface area (Å²) in [5, 5.41) is 0. The number of amides is 1.